The van der Waals surface area contributed by atoms with Gasteiger partial charge in [0.05, 0.1) is 31.9 Å². The van der Waals surface area contributed by atoms with Crippen LogP contribution in [-0.2, 0) is 16.6 Å². The summed E-state index contributed by atoms with van der Waals surface area (Å²) in [6, 6.07) is 14.7. The van der Waals surface area contributed by atoms with Crippen molar-refractivity contribution in [1.29, 1.82) is 0 Å². The lowest BCUT2D eigenvalue weighted by molar-refractivity contribution is -0.384. The Morgan fingerprint density at radius 1 is 1.00 bits per heavy atom. The van der Waals surface area contributed by atoms with Crippen molar-refractivity contribution in [1.82, 2.24) is 14.5 Å². The van der Waals surface area contributed by atoms with Crippen LogP contribution in [-0.4, -0.2) is 29.0 Å². The van der Waals surface area contributed by atoms with E-state index < -0.39 is 31.4 Å². The molecule has 0 atom stereocenters. The van der Waals surface area contributed by atoms with Crippen molar-refractivity contribution in [2.45, 2.75) is 11.4 Å². The molecule has 34 heavy (non-hydrogen) atoms. The molecule has 13 heteroatoms. The maximum atomic E-state index is 12.9. The summed E-state index contributed by atoms with van der Waals surface area (Å²) in [5.41, 5.74) is 0.602. The van der Waals surface area contributed by atoms with E-state index >= 15 is 0 Å². The first-order chi connectivity index (χ1) is 16.1. The monoisotopic (exact) mass is 538 g/mol. The first-order valence-corrected chi connectivity index (χ1v) is 12.1. The molecule has 0 bridgehead atoms. The van der Waals surface area contributed by atoms with Crippen molar-refractivity contribution in [3.63, 3.8) is 0 Å². The van der Waals surface area contributed by atoms with Gasteiger partial charge in [-0.15, -0.1) is 0 Å². The van der Waals surface area contributed by atoms with Crippen LogP contribution in [0.4, 0.5) is 5.69 Å². The van der Waals surface area contributed by atoms with Crippen LogP contribution in [0.3, 0.4) is 0 Å². The largest absolute Gasteiger partial charge is 0.289 e. The number of nitro benzene ring substituents is 1. The SMILES string of the molecule is O=C(NS(=O)(=O)c1ccc(Cl)c([N+](=O)[O-])c1)c1nn(Cc2ccc(Cl)c(Cl)c2)c2ccccc12. The molecule has 4 aromatic rings. The molecule has 9 nitrogen and oxygen atoms in total. The molecule has 0 saturated carbocycles. The number of nitrogens with one attached hydrogen (secondary N) is 1. The molecule has 0 aliphatic heterocycles. The van der Waals surface area contributed by atoms with Gasteiger partial charge in [-0.25, -0.2) is 13.1 Å². The molecule has 1 N–H and O–H groups in total. The lowest BCUT2D eigenvalue weighted by Crippen LogP contribution is -2.31. The van der Waals surface area contributed by atoms with E-state index in [-0.39, 0.29) is 17.3 Å². The Balaban J connectivity index is 1.69. The van der Waals surface area contributed by atoms with E-state index in [1.54, 1.807) is 42.5 Å². The topological polar surface area (TPSA) is 124 Å². The van der Waals surface area contributed by atoms with Gasteiger partial charge in [0, 0.05) is 11.5 Å². The third-order valence-electron chi connectivity index (χ3n) is 4.84. The Bertz CT molecular complexity index is 1570. The highest BCUT2D eigenvalue weighted by atomic mass is 35.5. The van der Waals surface area contributed by atoms with Crippen molar-refractivity contribution < 1.29 is 18.1 Å². The van der Waals surface area contributed by atoms with Crippen molar-refractivity contribution >= 4 is 67.3 Å². The third-order valence-corrected chi connectivity index (χ3v) is 7.23. The fourth-order valence-corrected chi connectivity index (χ4v) is 4.74. The number of carbonyl (C=O) groups is 1. The number of aromatic nitrogens is 2. The zero-order valence-corrected chi connectivity index (χ0v) is 20.0. The van der Waals surface area contributed by atoms with E-state index in [0.717, 1.165) is 23.8 Å². The number of amides is 1. The quantitative estimate of drug-likeness (QED) is 0.269. The third kappa shape index (κ3) is 4.71. The summed E-state index contributed by atoms with van der Waals surface area (Å²) in [5.74, 6) is -0.998. The molecule has 4 rings (SSSR count). The van der Waals surface area contributed by atoms with E-state index in [1.807, 2.05) is 4.72 Å². The van der Waals surface area contributed by atoms with Gasteiger partial charge in [-0.05, 0) is 35.9 Å². The summed E-state index contributed by atoms with van der Waals surface area (Å²) in [6.45, 7) is 0.237. The normalized spacial score (nSPS) is 11.5. The Morgan fingerprint density at radius 3 is 2.41 bits per heavy atom. The Labute approximate surface area is 208 Å². The number of benzene rings is 3. The van der Waals surface area contributed by atoms with Crippen LogP contribution in [0.15, 0.2) is 65.6 Å². The standard InChI is InChI=1S/C21H13Cl3N4O5S/c22-15-7-5-12(9-17(15)24)11-27-18-4-2-1-3-14(18)20(25-27)21(29)26-34(32,33)13-6-8-16(23)19(10-13)28(30)31/h1-10H,11H2,(H,26,29). The first kappa shape index (κ1) is 24.0. The number of carbonyl (C=O) groups excluding carboxylic acids is 1. The summed E-state index contributed by atoms with van der Waals surface area (Å²) in [5, 5.41) is 16.3. The lowest BCUT2D eigenvalue weighted by Gasteiger charge is -2.06. The van der Waals surface area contributed by atoms with Gasteiger partial charge in [-0.3, -0.25) is 19.6 Å². The molecule has 1 heterocycles. The predicted molar refractivity (Wildman–Crippen MR) is 128 cm³/mol. The van der Waals surface area contributed by atoms with Crippen molar-refractivity contribution in [2.75, 3.05) is 0 Å². The molecular weight excluding hydrogens is 527 g/mol. The van der Waals surface area contributed by atoms with Crippen molar-refractivity contribution in [2.24, 2.45) is 0 Å². The Morgan fingerprint density at radius 2 is 1.71 bits per heavy atom. The van der Waals surface area contributed by atoms with Gasteiger partial charge in [0.2, 0.25) is 0 Å². The van der Waals surface area contributed by atoms with Crippen molar-refractivity contribution in [3.05, 3.63) is 97.1 Å². The number of hydrogen-bond acceptors (Lipinski definition) is 6. The van der Waals surface area contributed by atoms with Gasteiger partial charge in [0.15, 0.2) is 5.69 Å². The molecule has 0 unspecified atom stereocenters. The lowest BCUT2D eigenvalue weighted by atomic mass is 10.2. The molecule has 3 aromatic carbocycles. The summed E-state index contributed by atoms with van der Waals surface area (Å²) >= 11 is 17.8. The number of nitro groups is 1. The first-order valence-electron chi connectivity index (χ1n) is 9.47. The highest BCUT2D eigenvalue weighted by Crippen LogP contribution is 2.28. The van der Waals surface area contributed by atoms with Crippen LogP contribution in [0.2, 0.25) is 15.1 Å². The van der Waals surface area contributed by atoms with Gasteiger partial charge < -0.3 is 0 Å². The summed E-state index contributed by atoms with van der Waals surface area (Å²) in [7, 11) is -4.45. The molecule has 1 aromatic heterocycles. The van der Waals surface area contributed by atoms with E-state index in [1.165, 1.54) is 4.68 Å². The van der Waals surface area contributed by atoms with Crippen LogP contribution in [0, 0.1) is 10.1 Å². The highest BCUT2D eigenvalue weighted by molar-refractivity contribution is 7.90. The number of hydrogen-bond donors (Lipinski definition) is 1. The molecule has 0 aliphatic rings. The number of nitrogens with zero attached hydrogens (tertiary/aromatic N) is 3. The van der Waals surface area contributed by atoms with E-state index in [2.05, 4.69) is 5.10 Å². The average Bonchev–Trinajstić information content (AvgIpc) is 3.14. The van der Waals surface area contributed by atoms with Crippen molar-refractivity contribution in [3.8, 4) is 0 Å². The van der Waals surface area contributed by atoms with E-state index in [0.29, 0.717) is 20.9 Å². The molecule has 0 radical (unpaired) electrons. The van der Waals surface area contributed by atoms with Crippen LogP contribution in [0.5, 0.6) is 0 Å². The number of rotatable bonds is 6. The van der Waals surface area contributed by atoms with Crippen LogP contribution in [0.25, 0.3) is 10.9 Å². The molecule has 174 valence electrons. The minimum Gasteiger partial charge on any atom is -0.266 e. The number of fused-ring (bicyclic) bond motifs is 1. The minimum atomic E-state index is -4.45. The molecular formula is C21H13Cl3N4O5S. The summed E-state index contributed by atoms with van der Waals surface area (Å²) < 4.78 is 28.9. The second kappa shape index (κ2) is 9.22. The molecule has 0 aliphatic carbocycles. The van der Waals surface area contributed by atoms with Gasteiger partial charge in [-0.2, -0.15) is 5.10 Å². The Kier molecular flexibility index (Phi) is 6.50. The molecule has 0 fully saturated rings. The fraction of sp³-hybridized carbons (Fsp3) is 0.0476. The number of sulfonamides is 1. The van der Waals surface area contributed by atoms with E-state index in [9.17, 15) is 23.3 Å². The number of halogens is 3. The second-order valence-electron chi connectivity index (χ2n) is 7.08. The minimum absolute atomic E-state index is 0.136. The van der Waals surface area contributed by atoms with Crippen LogP contribution in [0.1, 0.15) is 16.1 Å². The molecule has 0 saturated heterocycles. The Hall–Kier alpha value is -3.18. The summed E-state index contributed by atoms with van der Waals surface area (Å²) in [6.07, 6.45) is 0. The second-order valence-corrected chi connectivity index (χ2v) is 9.98. The summed E-state index contributed by atoms with van der Waals surface area (Å²) in [4.78, 5) is 22.7. The average molecular weight is 540 g/mol. The van der Waals surface area contributed by atoms with Gasteiger partial charge >= 0.3 is 0 Å². The van der Waals surface area contributed by atoms with Gasteiger partial charge in [-0.1, -0.05) is 59.1 Å². The molecule has 1 amide bonds. The highest BCUT2D eigenvalue weighted by Gasteiger charge is 2.26. The van der Waals surface area contributed by atoms with Crippen LogP contribution >= 0.6 is 34.8 Å². The van der Waals surface area contributed by atoms with Crippen LogP contribution < -0.4 is 4.72 Å². The zero-order chi connectivity index (χ0) is 24.6. The van der Waals surface area contributed by atoms with E-state index in [4.69, 9.17) is 34.8 Å². The molecule has 0 spiro atoms. The maximum Gasteiger partial charge on any atom is 0.289 e. The smallest absolute Gasteiger partial charge is 0.266 e. The fourth-order valence-electron chi connectivity index (χ4n) is 3.26. The predicted octanol–water partition coefficient (Wildman–Crippen LogP) is 5.07. The van der Waals surface area contributed by atoms with Gasteiger partial charge in [0.1, 0.15) is 5.02 Å². The zero-order valence-electron chi connectivity index (χ0n) is 16.9. The van der Waals surface area contributed by atoms with Gasteiger partial charge in [0.25, 0.3) is 21.6 Å². The maximum absolute atomic E-state index is 12.9. The number of para-hydroxylation sites is 1.